The van der Waals surface area contributed by atoms with E-state index >= 15 is 0 Å². The van der Waals surface area contributed by atoms with Crippen LogP contribution in [-0.4, -0.2) is 24.5 Å². The zero-order valence-electron chi connectivity index (χ0n) is 15.8. The Morgan fingerprint density at radius 1 is 1.14 bits per heavy atom. The molecule has 0 aliphatic heterocycles. The van der Waals surface area contributed by atoms with E-state index in [1.54, 1.807) is 31.5 Å². The monoisotopic (exact) mass is 395 g/mol. The fourth-order valence-electron chi connectivity index (χ4n) is 2.83. The van der Waals surface area contributed by atoms with Crippen molar-refractivity contribution in [2.45, 2.75) is 13.3 Å². The van der Waals surface area contributed by atoms with Crippen LogP contribution in [0.3, 0.4) is 0 Å². The summed E-state index contributed by atoms with van der Waals surface area (Å²) >= 11 is 6.01. The molecule has 0 saturated carbocycles. The van der Waals surface area contributed by atoms with Crippen molar-refractivity contribution in [3.05, 3.63) is 82.6 Å². The van der Waals surface area contributed by atoms with Crippen molar-refractivity contribution in [1.82, 2.24) is 4.98 Å². The Bertz CT molecular complexity index is 976. The minimum absolute atomic E-state index is 0.279. The van der Waals surface area contributed by atoms with E-state index in [9.17, 15) is 4.79 Å². The molecule has 2 aromatic carbocycles. The van der Waals surface area contributed by atoms with Crippen molar-refractivity contribution in [3.63, 3.8) is 0 Å². The van der Waals surface area contributed by atoms with Gasteiger partial charge in [0.05, 0.1) is 7.11 Å². The smallest absolute Gasteiger partial charge is 0.274 e. The van der Waals surface area contributed by atoms with Crippen LogP contribution in [0.1, 0.15) is 21.6 Å². The molecule has 3 aromatic rings. The maximum Gasteiger partial charge on any atom is 0.274 e. The average Bonchev–Trinajstić information content (AvgIpc) is 2.71. The van der Waals surface area contributed by atoms with Crippen LogP contribution in [0.2, 0.25) is 5.02 Å². The summed E-state index contributed by atoms with van der Waals surface area (Å²) in [5.41, 5.74) is 3.90. The van der Waals surface area contributed by atoms with E-state index in [0.717, 1.165) is 29.0 Å². The normalized spacial score (nSPS) is 10.4. The van der Waals surface area contributed by atoms with E-state index in [-0.39, 0.29) is 5.91 Å². The number of carbonyl (C=O) groups excluding carboxylic acids is 1. The number of hydrogen-bond donors (Lipinski definition) is 2. The molecule has 0 spiro atoms. The number of aryl methyl sites for hydroxylation is 1. The quantitative estimate of drug-likeness (QED) is 0.593. The van der Waals surface area contributed by atoms with Gasteiger partial charge in [0.25, 0.3) is 5.91 Å². The molecule has 0 unspecified atom stereocenters. The van der Waals surface area contributed by atoms with Crippen LogP contribution in [0.4, 0.5) is 11.4 Å². The first-order valence-electron chi connectivity index (χ1n) is 8.96. The molecule has 0 aliphatic carbocycles. The van der Waals surface area contributed by atoms with Crippen molar-refractivity contribution >= 4 is 28.9 Å². The second-order valence-electron chi connectivity index (χ2n) is 6.33. The molecule has 3 rings (SSSR count). The van der Waals surface area contributed by atoms with Gasteiger partial charge < -0.3 is 15.4 Å². The number of pyridine rings is 1. The molecule has 5 nitrogen and oxygen atoms in total. The Balaban J connectivity index is 1.63. The van der Waals surface area contributed by atoms with Crippen LogP contribution < -0.4 is 15.4 Å². The number of para-hydroxylation sites is 1. The molecule has 0 saturated heterocycles. The number of ether oxygens (including phenoxy) is 1. The van der Waals surface area contributed by atoms with Crippen LogP contribution in [0.15, 0.2) is 60.8 Å². The summed E-state index contributed by atoms with van der Waals surface area (Å²) in [6, 6.07) is 16.9. The molecule has 2 N–H and O–H groups in total. The number of aromatic nitrogens is 1. The first-order valence-corrected chi connectivity index (χ1v) is 9.34. The first kappa shape index (κ1) is 19.7. The van der Waals surface area contributed by atoms with Gasteiger partial charge in [-0.25, -0.2) is 0 Å². The molecular weight excluding hydrogens is 374 g/mol. The lowest BCUT2D eigenvalue weighted by Gasteiger charge is -2.11. The summed E-state index contributed by atoms with van der Waals surface area (Å²) in [6.07, 6.45) is 2.42. The van der Waals surface area contributed by atoms with Gasteiger partial charge in [0, 0.05) is 29.1 Å². The second kappa shape index (κ2) is 9.24. The number of nitrogens with one attached hydrogen (secondary N) is 2. The molecule has 28 heavy (non-hydrogen) atoms. The van der Waals surface area contributed by atoms with E-state index < -0.39 is 0 Å². The van der Waals surface area contributed by atoms with E-state index in [4.69, 9.17) is 16.3 Å². The average molecular weight is 396 g/mol. The third-order valence-electron chi connectivity index (χ3n) is 4.36. The number of nitrogens with zero attached hydrogens (tertiary/aromatic N) is 1. The molecule has 6 heteroatoms. The van der Waals surface area contributed by atoms with Crippen molar-refractivity contribution in [1.29, 1.82) is 0 Å². The number of carbonyl (C=O) groups is 1. The van der Waals surface area contributed by atoms with Gasteiger partial charge in [0.1, 0.15) is 11.4 Å². The molecular formula is C22H22ClN3O2. The van der Waals surface area contributed by atoms with Crippen molar-refractivity contribution < 1.29 is 9.53 Å². The largest absolute Gasteiger partial charge is 0.496 e. The number of hydrogen-bond acceptors (Lipinski definition) is 4. The van der Waals surface area contributed by atoms with Gasteiger partial charge in [-0.05, 0) is 54.8 Å². The zero-order valence-corrected chi connectivity index (χ0v) is 16.6. The predicted octanol–water partition coefficient (Wildman–Crippen LogP) is 4.96. The lowest BCUT2D eigenvalue weighted by Crippen LogP contribution is -2.15. The number of rotatable bonds is 7. The predicted molar refractivity (Wildman–Crippen MR) is 114 cm³/mol. The molecule has 1 heterocycles. The summed E-state index contributed by atoms with van der Waals surface area (Å²) in [4.78, 5) is 16.7. The fraction of sp³-hybridized carbons (Fsp3) is 0.182. The number of methoxy groups -OCH3 is 1. The van der Waals surface area contributed by atoms with Gasteiger partial charge in [-0.3, -0.25) is 9.78 Å². The van der Waals surface area contributed by atoms with E-state index in [1.807, 2.05) is 43.3 Å². The number of benzene rings is 2. The van der Waals surface area contributed by atoms with Gasteiger partial charge >= 0.3 is 0 Å². The molecule has 0 fully saturated rings. The molecule has 0 aliphatic rings. The number of amides is 1. The van der Waals surface area contributed by atoms with Gasteiger partial charge in [0.2, 0.25) is 0 Å². The fourth-order valence-corrected chi connectivity index (χ4v) is 3.00. The molecule has 144 valence electrons. The summed E-state index contributed by atoms with van der Waals surface area (Å²) in [7, 11) is 1.67. The Morgan fingerprint density at radius 2 is 1.96 bits per heavy atom. The molecule has 0 atom stereocenters. The van der Waals surface area contributed by atoms with Crippen molar-refractivity contribution in [3.8, 4) is 5.75 Å². The summed E-state index contributed by atoms with van der Waals surface area (Å²) in [6.45, 7) is 2.62. The Hall–Kier alpha value is -3.05. The van der Waals surface area contributed by atoms with Crippen LogP contribution >= 0.6 is 11.6 Å². The molecule has 1 aromatic heterocycles. The standard InChI is InChI=1S/C22H22ClN3O2/c1-15-7-8-17(23)13-19(15)26-22(27)20-14-18(10-12-25-20)24-11-9-16-5-3-4-6-21(16)28-2/h3-8,10,12-14H,9,11H2,1-2H3,(H,24,25)(H,26,27). The molecule has 1 amide bonds. The van der Waals surface area contributed by atoms with Gasteiger partial charge in [-0.15, -0.1) is 0 Å². The third-order valence-corrected chi connectivity index (χ3v) is 4.59. The van der Waals surface area contributed by atoms with E-state index in [0.29, 0.717) is 22.9 Å². The highest BCUT2D eigenvalue weighted by Gasteiger charge is 2.10. The van der Waals surface area contributed by atoms with E-state index in [2.05, 4.69) is 15.6 Å². The van der Waals surface area contributed by atoms with Gasteiger partial charge in [0.15, 0.2) is 0 Å². The van der Waals surface area contributed by atoms with Crippen LogP contribution in [-0.2, 0) is 6.42 Å². The lowest BCUT2D eigenvalue weighted by atomic mass is 10.1. The Morgan fingerprint density at radius 3 is 2.79 bits per heavy atom. The summed E-state index contributed by atoms with van der Waals surface area (Å²) in [5.74, 6) is 0.592. The highest BCUT2D eigenvalue weighted by atomic mass is 35.5. The second-order valence-corrected chi connectivity index (χ2v) is 6.77. The Kier molecular flexibility index (Phi) is 6.50. The Labute approximate surface area is 169 Å². The zero-order chi connectivity index (χ0) is 19.9. The van der Waals surface area contributed by atoms with Crippen LogP contribution in [0.25, 0.3) is 0 Å². The summed E-state index contributed by atoms with van der Waals surface area (Å²) < 4.78 is 5.37. The van der Waals surface area contributed by atoms with E-state index in [1.165, 1.54) is 0 Å². The first-order chi connectivity index (χ1) is 13.6. The molecule has 0 bridgehead atoms. The van der Waals surface area contributed by atoms with Crippen molar-refractivity contribution in [2.24, 2.45) is 0 Å². The maximum absolute atomic E-state index is 12.5. The highest BCUT2D eigenvalue weighted by Crippen LogP contribution is 2.21. The van der Waals surface area contributed by atoms with Crippen LogP contribution in [0.5, 0.6) is 5.75 Å². The minimum Gasteiger partial charge on any atom is -0.496 e. The number of halogens is 1. The highest BCUT2D eigenvalue weighted by molar-refractivity contribution is 6.31. The minimum atomic E-state index is -0.279. The van der Waals surface area contributed by atoms with Gasteiger partial charge in [-0.2, -0.15) is 0 Å². The van der Waals surface area contributed by atoms with Gasteiger partial charge in [-0.1, -0.05) is 35.9 Å². The molecule has 0 radical (unpaired) electrons. The topological polar surface area (TPSA) is 63.2 Å². The van der Waals surface area contributed by atoms with Crippen molar-refractivity contribution in [2.75, 3.05) is 24.3 Å². The SMILES string of the molecule is COc1ccccc1CCNc1ccnc(C(=O)Nc2cc(Cl)ccc2C)c1. The lowest BCUT2D eigenvalue weighted by molar-refractivity contribution is 0.102. The van der Waals surface area contributed by atoms with Crippen LogP contribution in [0, 0.1) is 6.92 Å². The third kappa shape index (κ3) is 5.02. The maximum atomic E-state index is 12.5. The number of anilines is 2. The summed E-state index contributed by atoms with van der Waals surface area (Å²) in [5, 5.41) is 6.76.